The molecule has 0 atom stereocenters. The lowest BCUT2D eigenvalue weighted by atomic mass is 10.0. The van der Waals surface area contributed by atoms with Crippen LogP contribution < -0.4 is 5.32 Å². The lowest BCUT2D eigenvalue weighted by molar-refractivity contribution is -0.113. The first-order valence-corrected chi connectivity index (χ1v) is 12.3. The normalized spacial score (nSPS) is 11.2. The Morgan fingerprint density at radius 1 is 1.19 bits per heavy atom. The quantitative estimate of drug-likeness (QED) is 0.312. The number of halogens is 1. The Morgan fingerprint density at radius 2 is 1.88 bits per heavy atom. The molecule has 1 N–H and O–H groups in total. The topological polar surface area (TPSA) is 86.1 Å². The number of anilines is 1. The van der Waals surface area contributed by atoms with E-state index in [1.165, 1.54) is 30.2 Å². The third kappa shape index (κ3) is 5.33. The number of thiophene rings is 1. The molecule has 0 spiro atoms. The van der Waals surface area contributed by atoms with E-state index in [4.69, 9.17) is 16.3 Å². The van der Waals surface area contributed by atoms with Gasteiger partial charge in [0, 0.05) is 27.9 Å². The molecule has 0 aliphatic heterocycles. The van der Waals surface area contributed by atoms with Crippen molar-refractivity contribution in [3.8, 4) is 11.1 Å². The highest BCUT2D eigenvalue weighted by atomic mass is 35.5. The first-order chi connectivity index (χ1) is 15.2. The number of aromatic nitrogens is 3. The number of carbonyl (C=O) groups is 2. The van der Waals surface area contributed by atoms with E-state index >= 15 is 0 Å². The average Bonchev–Trinajstić information content (AvgIpc) is 3.37. The number of esters is 1. The Hall–Kier alpha value is -2.36. The molecule has 1 aromatic carbocycles. The van der Waals surface area contributed by atoms with Crippen molar-refractivity contribution in [1.82, 2.24) is 14.8 Å². The van der Waals surface area contributed by atoms with E-state index in [9.17, 15) is 9.59 Å². The van der Waals surface area contributed by atoms with E-state index in [-0.39, 0.29) is 23.6 Å². The van der Waals surface area contributed by atoms with Gasteiger partial charge in [0.1, 0.15) is 16.4 Å². The van der Waals surface area contributed by atoms with E-state index in [2.05, 4.69) is 43.2 Å². The molecule has 170 valence electrons. The molecule has 2 heterocycles. The molecule has 0 radical (unpaired) electrons. The van der Waals surface area contributed by atoms with E-state index in [0.29, 0.717) is 26.3 Å². The zero-order valence-electron chi connectivity index (χ0n) is 18.5. The summed E-state index contributed by atoms with van der Waals surface area (Å²) >= 11 is 8.57. The number of nitrogens with zero attached hydrogens (tertiary/aromatic N) is 3. The largest absolute Gasteiger partial charge is 0.465 e. The van der Waals surface area contributed by atoms with Crippen LogP contribution in [0.3, 0.4) is 0 Å². The Balaban J connectivity index is 1.78. The van der Waals surface area contributed by atoms with Crippen molar-refractivity contribution in [2.45, 2.75) is 44.8 Å². The summed E-state index contributed by atoms with van der Waals surface area (Å²) in [6, 6.07) is 7.33. The third-order valence-corrected chi connectivity index (χ3v) is 6.74. The number of nitrogens with one attached hydrogen (secondary N) is 1. The maximum Gasteiger partial charge on any atom is 0.341 e. The molecule has 1 amide bonds. The van der Waals surface area contributed by atoms with Crippen molar-refractivity contribution < 1.29 is 14.3 Å². The SMILES string of the molecule is COC(=O)c1c(-c2ccc(Cl)cc2)csc1NC(=O)CSc1nnc(C(C)C)n1C(C)C. The Morgan fingerprint density at radius 3 is 2.47 bits per heavy atom. The maximum atomic E-state index is 12.7. The second kappa shape index (κ2) is 10.5. The second-order valence-corrected chi connectivity index (χ2v) is 9.91. The molecule has 0 aliphatic rings. The van der Waals surface area contributed by atoms with Crippen molar-refractivity contribution >= 4 is 51.6 Å². The number of hydrogen-bond donors (Lipinski definition) is 1. The molecular formula is C22H25ClN4O3S2. The van der Waals surface area contributed by atoms with Gasteiger partial charge in [0.2, 0.25) is 5.91 Å². The summed E-state index contributed by atoms with van der Waals surface area (Å²) in [5, 5.41) is 15.0. The molecule has 32 heavy (non-hydrogen) atoms. The van der Waals surface area contributed by atoms with Crippen molar-refractivity contribution in [2.24, 2.45) is 0 Å². The summed E-state index contributed by atoms with van der Waals surface area (Å²) in [6.07, 6.45) is 0. The van der Waals surface area contributed by atoms with Gasteiger partial charge in [-0.2, -0.15) is 0 Å². The number of hydrogen-bond acceptors (Lipinski definition) is 7. The molecule has 0 saturated carbocycles. The summed E-state index contributed by atoms with van der Waals surface area (Å²) in [5.74, 6) is 0.502. The molecule has 3 aromatic rings. The molecular weight excluding hydrogens is 468 g/mol. The average molecular weight is 493 g/mol. The van der Waals surface area contributed by atoms with Gasteiger partial charge in [-0.3, -0.25) is 4.79 Å². The van der Waals surface area contributed by atoms with Crippen LogP contribution in [-0.2, 0) is 9.53 Å². The maximum absolute atomic E-state index is 12.7. The first-order valence-electron chi connectivity index (χ1n) is 10.1. The predicted octanol–water partition coefficient (Wildman–Crippen LogP) is 5.88. The van der Waals surface area contributed by atoms with Gasteiger partial charge >= 0.3 is 5.97 Å². The summed E-state index contributed by atoms with van der Waals surface area (Å²) < 4.78 is 7.01. The summed E-state index contributed by atoms with van der Waals surface area (Å²) in [5.41, 5.74) is 1.82. The Kier molecular flexibility index (Phi) is 7.97. The van der Waals surface area contributed by atoms with Crippen LogP contribution in [0.2, 0.25) is 5.02 Å². The lowest BCUT2D eigenvalue weighted by Gasteiger charge is -2.15. The van der Waals surface area contributed by atoms with Gasteiger partial charge < -0.3 is 14.6 Å². The van der Waals surface area contributed by atoms with Crippen LogP contribution in [0, 0.1) is 0 Å². The highest BCUT2D eigenvalue weighted by Crippen LogP contribution is 2.37. The molecule has 0 unspecified atom stereocenters. The number of methoxy groups -OCH3 is 1. The van der Waals surface area contributed by atoms with Crippen LogP contribution in [0.1, 0.15) is 55.8 Å². The predicted molar refractivity (Wildman–Crippen MR) is 130 cm³/mol. The number of benzene rings is 1. The Bertz CT molecular complexity index is 1110. The molecule has 2 aromatic heterocycles. The summed E-state index contributed by atoms with van der Waals surface area (Å²) in [4.78, 5) is 25.2. The third-order valence-electron chi connectivity index (χ3n) is 4.64. The van der Waals surface area contributed by atoms with E-state index in [0.717, 1.165) is 11.4 Å². The van der Waals surface area contributed by atoms with Crippen LogP contribution >= 0.6 is 34.7 Å². The van der Waals surface area contributed by atoms with Crippen molar-refractivity contribution in [3.63, 3.8) is 0 Å². The van der Waals surface area contributed by atoms with Crippen molar-refractivity contribution in [3.05, 3.63) is 46.1 Å². The summed E-state index contributed by atoms with van der Waals surface area (Å²) in [7, 11) is 1.32. The Labute approximate surface area is 200 Å². The number of ether oxygens (including phenoxy) is 1. The van der Waals surface area contributed by atoms with Gasteiger partial charge in [0.05, 0.1) is 12.9 Å². The molecule has 0 fully saturated rings. The fourth-order valence-corrected chi connectivity index (χ4v) is 5.13. The minimum Gasteiger partial charge on any atom is -0.465 e. The fourth-order valence-electron chi connectivity index (χ4n) is 3.16. The van der Waals surface area contributed by atoms with Gasteiger partial charge in [-0.15, -0.1) is 21.5 Å². The molecule has 3 rings (SSSR count). The van der Waals surface area contributed by atoms with Crippen LogP contribution in [0.4, 0.5) is 5.00 Å². The van der Waals surface area contributed by atoms with E-state index < -0.39 is 5.97 Å². The molecule has 0 bridgehead atoms. The molecule has 7 nitrogen and oxygen atoms in total. The highest BCUT2D eigenvalue weighted by Gasteiger charge is 2.23. The lowest BCUT2D eigenvalue weighted by Crippen LogP contribution is -2.17. The number of carbonyl (C=O) groups excluding carboxylic acids is 2. The van der Waals surface area contributed by atoms with Gasteiger partial charge in [0.25, 0.3) is 0 Å². The molecule has 0 saturated heterocycles. The van der Waals surface area contributed by atoms with Crippen LogP contribution in [0.15, 0.2) is 34.8 Å². The van der Waals surface area contributed by atoms with Crippen LogP contribution in [0.5, 0.6) is 0 Å². The fraction of sp³-hybridized carbons (Fsp3) is 0.364. The number of thioether (sulfide) groups is 1. The first kappa shape index (κ1) is 24.3. The number of rotatable bonds is 8. The zero-order valence-corrected chi connectivity index (χ0v) is 20.9. The van der Waals surface area contributed by atoms with Gasteiger partial charge in [-0.05, 0) is 31.5 Å². The van der Waals surface area contributed by atoms with Gasteiger partial charge in [-0.1, -0.05) is 49.3 Å². The van der Waals surface area contributed by atoms with Crippen molar-refractivity contribution in [1.29, 1.82) is 0 Å². The van der Waals surface area contributed by atoms with Crippen LogP contribution in [-0.4, -0.2) is 39.5 Å². The summed E-state index contributed by atoms with van der Waals surface area (Å²) in [6.45, 7) is 8.25. The van der Waals surface area contributed by atoms with E-state index in [1.807, 2.05) is 22.1 Å². The monoisotopic (exact) mass is 492 g/mol. The van der Waals surface area contributed by atoms with Gasteiger partial charge in [-0.25, -0.2) is 4.79 Å². The smallest absolute Gasteiger partial charge is 0.341 e. The standard InChI is InChI=1S/C22H25ClN4O3S2/c1-12(2)19-25-26-22(27(19)13(3)4)32-11-17(28)24-20-18(21(29)30-5)16(10-31-20)14-6-8-15(23)9-7-14/h6-10,12-13H,11H2,1-5H3,(H,24,28). The molecule has 10 heteroatoms. The second-order valence-electron chi connectivity index (χ2n) is 7.65. The zero-order chi connectivity index (χ0) is 23.4. The number of amides is 1. The van der Waals surface area contributed by atoms with Crippen LogP contribution in [0.25, 0.3) is 11.1 Å². The molecule has 0 aliphatic carbocycles. The van der Waals surface area contributed by atoms with Gasteiger partial charge in [0.15, 0.2) is 5.16 Å². The van der Waals surface area contributed by atoms with E-state index in [1.54, 1.807) is 12.1 Å². The highest BCUT2D eigenvalue weighted by molar-refractivity contribution is 7.99. The minimum atomic E-state index is -0.514. The van der Waals surface area contributed by atoms with Crippen molar-refractivity contribution in [2.75, 3.05) is 18.2 Å². The minimum absolute atomic E-state index is 0.137.